The Morgan fingerprint density at radius 3 is 1.59 bits per heavy atom. The van der Waals surface area contributed by atoms with Gasteiger partial charge in [-0.15, -0.1) is 0 Å². The summed E-state index contributed by atoms with van der Waals surface area (Å²) in [4.78, 5) is 0. The van der Waals surface area contributed by atoms with Crippen LogP contribution >= 0.6 is 0 Å². The predicted molar refractivity (Wildman–Crippen MR) is 151 cm³/mol. The van der Waals surface area contributed by atoms with E-state index in [0.717, 1.165) is 5.54 Å². The zero-order valence-corrected chi connectivity index (χ0v) is 23.4. The van der Waals surface area contributed by atoms with Crippen LogP contribution in [0.2, 0.25) is 0 Å². The van der Waals surface area contributed by atoms with Gasteiger partial charge in [0.25, 0.3) is 0 Å². The number of hydrogen-bond donors (Lipinski definition) is 0. The number of hydrogen-bond acceptors (Lipinski definition) is 0. The van der Waals surface area contributed by atoms with E-state index >= 15 is 0 Å². The van der Waals surface area contributed by atoms with E-state index in [1.54, 1.807) is 5.19 Å². The van der Waals surface area contributed by atoms with Crippen molar-refractivity contribution in [2.24, 2.45) is 0 Å². The van der Waals surface area contributed by atoms with Crippen LogP contribution in [0, 0.1) is 13.8 Å². The minimum Gasteiger partial charge on any atom is -0.0985 e. The first-order chi connectivity index (χ1) is 15.5. The molecule has 2 heteroatoms. The Labute approximate surface area is 200 Å². The number of benzene rings is 4. The van der Waals surface area contributed by atoms with Crippen LogP contribution in [0.5, 0.6) is 0 Å². The Kier molecular flexibility index (Phi) is 11.2. The molecule has 0 saturated carbocycles. The van der Waals surface area contributed by atoms with Crippen LogP contribution < -0.4 is 10.4 Å². The average Bonchev–Trinajstić information content (AvgIpc) is 2.82. The van der Waals surface area contributed by atoms with E-state index in [0.29, 0.717) is 0 Å². The van der Waals surface area contributed by atoms with Crippen LogP contribution in [-0.4, -0.2) is 19.8 Å². The zero-order valence-electron chi connectivity index (χ0n) is 20.0. The molecule has 4 aromatic rings. The van der Waals surface area contributed by atoms with Crippen LogP contribution in [0.1, 0.15) is 34.7 Å². The van der Waals surface area contributed by atoms with Crippen molar-refractivity contribution in [1.29, 1.82) is 0 Å². The molecule has 1 unspecified atom stereocenters. The van der Waals surface area contributed by atoms with Crippen molar-refractivity contribution in [2.45, 2.75) is 26.3 Å². The van der Waals surface area contributed by atoms with Crippen molar-refractivity contribution >= 4 is 36.2 Å². The molecule has 4 aromatic carbocycles. The lowest BCUT2D eigenvalue weighted by molar-refractivity contribution is 1.07. The van der Waals surface area contributed by atoms with E-state index in [9.17, 15) is 0 Å². The summed E-state index contributed by atoms with van der Waals surface area (Å²) in [6.45, 7) is 10.2. The van der Waals surface area contributed by atoms with Gasteiger partial charge in [-0.05, 0) is 30.5 Å². The van der Waals surface area contributed by atoms with Gasteiger partial charge in [0, 0.05) is 10.2 Å². The van der Waals surface area contributed by atoms with E-state index in [4.69, 9.17) is 0 Å². The highest BCUT2D eigenvalue weighted by atomic mass is 28.2. The first kappa shape index (κ1) is 25.3. The van der Waals surface area contributed by atoms with Crippen molar-refractivity contribution in [2.75, 3.05) is 0 Å². The van der Waals surface area contributed by atoms with Crippen molar-refractivity contribution in [3.05, 3.63) is 138 Å². The lowest BCUT2D eigenvalue weighted by Gasteiger charge is -2.11. The molecule has 0 spiro atoms. The molecule has 0 aliphatic heterocycles. The second kappa shape index (κ2) is 14.2. The molecule has 0 saturated heterocycles. The topological polar surface area (TPSA) is 0 Å². The summed E-state index contributed by atoms with van der Waals surface area (Å²) in [6, 6.07) is 38.6. The first-order valence-electron chi connectivity index (χ1n) is 11.3. The molecular formula is C30H36Si2. The Morgan fingerprint density at radius 2 is 1.16 bits per heavy atom. The average molecular weight is 453 g/mol. The van der Waals surface area contributed by atoms with Gasteiger partial charge in [0.05, 0.1) is 9.52 Å². The molecule has 0 N–H and O–H groups in total. The Hall–Kier alpha value is -2.95. The fourth-order valence-electron chi connectivity index (χ4n) is 3.22. The van der Waals surface area contributed by atoms with Crippen molar-refractivity contribution < 1.29 is 0 Å². The summed E-state index contributed by atoms with van der Waals surface area (Å²) in [6.07, 6.45) is 1.85. The SMILES string of the molecule is C=Cc1ccc(C)cc1.Cc1ccc(C(C)[SiH2]c2ccccc2)cc1.[SiH3]c1ccccc1. The molecule has 4 rings (SSSR count). The van der Waals surface area contributed by atoms with E-state index in [-0.39, 0.29) is 9.52 Å². The van der Waals surface area contributed by atoms with Crippen LogP contribution in [0.4, 0.5) is 0 Å². The lowest BCUT2D eigenvalue weighted by Crippen LogP contribution is -2.19. The Bertz CT molecular complexity index is 1020. The summed E-state index contributed by atoms with van der Waals surface area (Å²) in [5, 5.41) is 3.01. The van der Waals surface area contributed by atoms with Gasteiger partial charge in [-0.2, -0.15) is 0 Å². The molecule has 0 aliphatic rings. The maximum absolute atomic E-state index is 3.66. The van der Waals surface area contributed by atoms with E-state index in [1.807, 2.05) is 12.1 Å². The maximum Gasteiger partial charge on any atom is 0.0620 e. The third-order valence-electron chi connectivity index (χ3n) is 5.28. The second-order valence-electron chi connectivity index (χ2n) is 8.27. The summed E-state index contributed by atoms with van der Waals surface area (Å²) in [5.41, 5.74) is 6.03. The molecule has 0 bridgehead atoms. The maximum atomic E-state index is 3.66. The first-order valence-corrected chi connectivity index (χ1v) is 13.8. The molecule has 0 fully saturated rings. The lowest BCUT2D eigenvalue weighted by atomic mass is 10.1. The highest BCUT2D eigenvalue weighted by Gasteiger charge is 2.06. The molecule has 164 valence electrons. The largest absolute Gasteiger partial charge is 0.0985 e. The zero-order chi connectivity index (χ0) is 23.2. The molecule has 0 aliphatic carbocycles. The fraction of sp³-hybridized carbons (Fsp3) is 0.133. The standard InChI is InChI=1S/C15H18Si.C9H10.C6H8Si/c1-12-8-10-14(11-9-12)13(2)16-15-6-4-3-5-7-15;1-3-9-6-4-8(2)5-7-9;7-6-4-2-1-3-5-6/h3-11,13H,16H2,1-2H3;3-7H,1H2,2H3;1-5H,7H3. The molecule has 0 amide bonds. The van der Waals surface area contributed by atoms with Crippen molar-refractivity contribution in [3.63, 3.8) is 0 Å². The second-order valence-corrected chi connectivity index (χ2v) is 11.9. The van der Waals surface area contributed by atoms with Gasteiger partial charge < -0.3 is 0 Å². The van der Waals surface area contributed by atoms with Gasteiger partial charge in [-0.1, -0.05) is 150 Å². The van der Waals surface area contributed by atoms with Gasteiger partial charge in [-0.3, -0.25) is 0 Å². The monoisotopic (exact) mass is 452 g/mol. The van der Waals surface area contributed by atoms with Gasteiger partial charge in [0.2, 0.25) is 0 Å². The highest BCUT2D eigenvalue weighted by molar-refractivity contribution is 6.54. The van der Waals surface area contributed by atoms with Gasteiger partial charge >= 0.3 is 0 Å². The molecule has 0 nitrogen and oxygen atoms in total. The van der Waals surface area contributed by atoms with Crippen LogP contribution in [-0.2, 0) is 0 Å². The smallest absolute Gasteiger partial charge is 0.0620 e. The van der Waals surface area contributed by atoms with Gasteiger partial charge in [0.1, 0.15) is 0 Å². The van der Waals surface area contributed by atoms with E-state index in [2.05, 4.69) is 130 Å². The summed E-state index contributed by atoms with van der Waals surface area (Å²) < 4.78 is 0. The highest BCUT2D eigenvalue weighted by Crippen LogP contribution is 2.14. The normalized spacial score (nSPS) is 11.1. The minimum atomic E-state index is -0.198. The molecule has 32 heavy (non-hydrogen) atoms. The Morgan fingerprint density at radius 1 is 0.688 bits per heavy atom. The van der Waals surface area contributed by atoms with E-state index in [1.165, 1.54) is 37.7 Å². The van der Waals surface area contributed by atoms with E-state index < -0.39 is 0 Å². The van der Waals surface area contributed by atoms with Crippen molar-refractivity contribution in [1.82, 2.24) is 0 Å². The molecular weight excluding hydrogens is 417 g/mol. The summed E-state index contributed by atoms with van der Waals surface area (Å²) in [5.74, 6) is 0. The third-order valence-corrected chi connectivity index (χ3v) is 7.98. The summed E-state index contributed by atoms with van der Waals surface area (Å²) in [7, 11) is 0.976. The van der Waals surface area contributed by atoms with Crippen LogP contribution in [0.15, 0.2) is 116 Å². The predicted octanol–water partition coefficient (Wildman–Crippen LogP) is 4.87. The van der Waals surface area contributed by atoms with Crippen LogP contribution in [0.25, 0.3) is 6.08 Å². The Balaban J connectivity index is 0.000000191. The molecule has 0 aromatic heterocycles. The third kappa shape index (κ3) is 9.91. The van der Waals surface area contributed by atoms with Crippen LogP contribution in [0.3, 0.4) is 0 Å². The molecule has 0 radical (unpaired) electrons. The molecule has 1 atom stereocenters. The number of rotatable bonds is 4. The molecule has 0 heterocycles. The minimum absolute atomic E-state index is 0.198. The fourth-order valence-corrected chi connectivity index (χ4v) is 5.36. The summed E-state index contributed by atoms with van der Waals surface area (Å²) >= 11 is 0. The number of aryl methyl sites for hydroxylation is 2. The van der Waals surface area contributed by atoms with Gasteiger partial charge in [0.15, 0.2) is 0 Å². The quantitative estimate of drug-likeness (QED) is 0.388. The van der Waals surface area contributed by atoms with Gasteiger partial charge in [-0.25, -0.2) is 0 Å². The van der Waals surface area contributed by atoms with Crippen molar-refractivity contribution in [3.8, 4) is 0 Å².